The van der Waals surface area contributed by atoms with E-state index in [9.17, 15) is 4.79 Å². The van der Waals surface area contributed by atoms with Crippen LogP contribution in [0.3, 0.4) is 0 Å². The number of rotatable bonds is 6. The second kappa shape index (κ2) is 6.08. The molecule has 4 nitrogen and oxygen atoms in total. The van der Waals surface area contributed by atoms with E-state index in [-0.39, 0.29) is 5.91 Å². The molecule has 0 aromatic carbocycles. The van der Waals surface area contributed by atoms with Crippen LogP contribution in [0.15, 0.2) is 0 Å². The van der Waals surface area contributed by atoms with Crippen molar-refractivity contribution in [1.29, 1.82) is 0 Å². The number of carbonyl (C=O) groups is 1. The highest BCUT2D eigenvalue weighted by Gasteiger charge is 2.21. The number of nitrogens with two attached hydrogens (primary N) is 1. The summed E-state index contributed by atoms with van der Waals surface area (Å²) in [5.41, 5.74) is 5.38. The fourth-order valence-electron chi connectivity index (χ4n) is 1.20. The topological polar surface area (TPSA) is 55.6 Å². The van der Waals surface area contributed by atoms with Crippen molar-refractivity contribution in [3.8, 4) is 0 Å². The minimum absolute atomic E-state index is 0.0317. The van der Waals surface area contributed by atoms with Gasteiger partial charge in [-0.25, -0.2) is 0 Å². The number of carbonyl (C=O) groups excluding carboxylic acids is 1. The van der Waals surface area contributed by atoms with Crippen LogP contribution in [0.1, 0.15) is 34.6 Å². The van der Waals surface area contributed by atoms with E-state index < -0.39 is 11.6 Å². The number of hydrogen-bond donors (Lipinski definition) is 1. The first-order valence-corrected chi connectivity index (χ1v) is 5.51. The molecule has 4 heteroatoms. The van der Waals surface area contributed by atoms with Gasteiger partial charge in [0.25, 0.3) is 5.91 Å². The fourth-order valence-corrected chi connectivity index (χ4v) is 1.20. The molecule has 90 valence electrons. The summed E-state index contributed by atoms with van der Waals surface area (Å²) in [6.45, 7) is 11.3. The molecule has 0 heterocycles. The second-order valence-corrected chi connectivity index (χ2v) is 4.45. The van der Waals surface area contributed by atoms with Gasteiger partial charge in [-0.2, -0.15) is 0 Å². The van der Waals surface area contributed by atoms with E-state index in [1.807, 2.05) is 27.7 Å². The lowest BCUT2D eigenvalue weighted by molar-refractivity contribution is -0.143. The Kier molecular flexibility index (Phi) is 5.83. The van der Waals surface area contributed by atoms with Crippen LogP contribution < -0.4 is 5.73 Å². The molecule has 0 aromatic rings. The molecule has 0 aliphatic heterocycles. The fraction of sp³-hybridized carbons (Fsp3) is 0.909. The van der Waals surface area contributed by atoms with Crippen molar-refractivity contribution in [1.82, 2.24) is 4.90 Å². The van der Waals surface area contributed by atoms with Gasteiger partial charge in [-0.15, -0.1) is 0 Å². The molecule has 0 fully saturated rings. The van der Waals surface area contributed by atoms with Crippen LogP contribution >= 0.6 is 0 Å². The molecule has 0 radical (unpaired) electrons. The molecular weight excluding hydrogens is 192 g/mol. The van der Waals surface area contributed by atoms with Crippen molar-refractivity contribution >= 4 is 5.91 Å². The van der Waals surface area contributed by atoms with Gasteiger partial charge in [0.2, 0.25) is 0 Å². The monoisotopic (exact) mass is 216 g/mol. The summed E-state index contributed by atoms with van der Waals surface area (Å²) in [5.74, 6) is 0.0317. The van der Waals surface area contributed by atoms with Crippen LogP contribution in [-0.4, -0.2) is 42.1 Å². The van der Waals surface area contributed by atoms with Gasteiger partial charge < -0.3 is 15.4 Å². The maximum Gasteiger partial charge on any atom is 0.251 e. The largest absolute Gasteiger partial charge is 0.367 e. The zero-order valence-corrected chi connectivity index (χ0v) is 10.5. The average molecular weight is 216 g/mol. The molecule has 15 heavy (non-hydrogen) atoms. The Labute approximate surface area is 92.8 Å². The van der Waals surface area contributed by atoms with Crippen molar-refractivity contribution in [2.45, 2.75) is 46.3 Å². The molecule has 0 bridgehead atoms. The third-order valence-electron chi connectivity index (χ3n) is 2.13. The van der Waals surface area contributed by atoms with Gasteiger partial charge in [-0.1, -0.05) is 0 Å². The molecule has 0 spiro atoms. The third kappa shape index (κ3) is 5.74. The highest BCUT2D eigenvalue weighted by molar-refractivity contribution is 5.80. The van der Waals surface area contributed by atoms with Gasteiger partial charge in [-0.3, -0.25) is 4.79 Å². The lowest BCUT2D eigenvalue weighted by Gasteiger charge is -2.25. The Bertz CT molecular complexity index is 195. The van der Waals surface area contributed by atoms with E-state index in [4.69, 9.17) is 10.5 Å². The molecule has 0 aliphatic carbocycles. The number of likely N-dealkylation sites (N-methyl/N-ethyl adjacent to an activating group) is 1. The highest BCUT2D eigenvalue weighted by Crippen LogP contribution is 2.04. The zero-order chi connectivity index (χ0) is 12.1. The van der Waals surface area contributed by atoms with Crippen LogP contribution in [0.4, 0.5) is 0 Å². The first-order chi connectivity index (χ1) is 6.81. The van der Waals surface area contributed by atoms with Crippen molar-refractivity contribution < 1.29 is 9.53 Å². The molecule has 0 rings (SSSR count). The van der Waals surface area contributed by atoms with Crippen LogP contribution in [0.5, 0.6) is 0 Å². The Morgan fingerprint density at radius 3 is 2.20 bits per heavy atom. The van der Waals surface area contributed by atoms with Gasteiger partial charge in [0.05, 0.1) is 6.61 Å². The van der Waals surface area contributed by atoms with E-state index in [1.54, 1.807) is 11.8 Å². The number of hydrogen-bond acceptors (Lipinski definition) is 3. The average Bonchev–Trinajstić information content (AvgIpc) is 2.14. The normalized spacial score (nSPS) is 13.7. The van der Waals surface area contributed by atoms with E-state index >= 15 is 0 Å². The summed E-state index contributed by atoms with van der Waals surface area (Å²) < 4.78 is 5.44. The first kappa shape index (κ1) is 14.4. The molecule has 2 N–H and O–H groups in total. The summed E-state index contributed by atoms with van der Waals surface area (Å²) >= 11 is 0. The predicted molar refractivity (Wildman–Crippen MR) is 61.6 cm³/mol. The second-order valence-electron chi connectivity index (χ2n) is 4.45. The molecule has 0 aromatic heterocycles. The van der Waals surface area contributed by atoms with Gasteiger partial charge in [-0.05, 0) is 34.6 Å². The number of nitrogens with zero attached hydrogens (tertiary/aromatic N) is 1. The lowest BCUT2D eigenvalue weighted by atomic mass is 10.1. The summed E-state index contributed by atoms with van der Waals surface area (Å²) in [4.78, 5) is 13.5. The van der Waals surface area contributed by atoms with E-state index in [0.717, 1.165) is 13.1 Å². The van der Waals surface area contributed by atoms with Crippen LogP contribution in [-0.2, 0) is 9.53 Å². The van der Waals surface area contributed by atoms with Crippen molar-refractivity contribution in [2.24, 2.45) is 5.73 Å². The third-order valence-corrected chi connectivity index (χ3v) is 2.13. The minimum atomic E-state index is -0.410. The molecule has 0 saturated heterocycles. The Morgan fingerprint density at radius 1 is 1.40 bits per heavy atom. The van der Waals surface area contributed by atoms with Crippen LogP contribution in [0.2, 0.25) is 0 Å². The zero-order valence-electron chi connectivity index (χ0n) is 10.5. The van der Waals surface area contributed by atoms with Crippen molar-refractivity contribution in [3.63, 3.8) is 0 Å². The van der Waals surface area contributed by atoms with Gasteiger partial charge in [0, 0.05) is 18.6 Å². The number of amides is 1. The predicted octanol–water partition coefficient (Wildman–Crippen LogP) is 0.997. The lowest BCUT2D eigenvalue weighted by Crippen LogP contribution is -2.43. The van der Waals surface area contributed by atoms with E-state index in [2.05, 4.69) is 0 Å². The Balaban J connectivity index is 4.09. The van der Waals surface area contributed by atoms with E-state index in [1.165, 1.54) is 0 Å². The molecule has 0 saturated carbocycles. The standard InChI is InChI=1S/C11H24N2O2/c1-6-13(7-2)10(14)9(3)15-8-11(4,5)12/h9H,6-8,12H2,1-5H3. The summed E-state index contributed by atoms with van der Waals surface area (Å²) in [5, 5.41) is 0. The minimum Gasteiger partial charge on any atom is -0.367 e. The molecular formula is C11H24N2O2. The van der Waals surface area contributed by atoms with Gasteiger partial charge in [0.1, 0.15) is 6.10 Å². The van der Waals surface area contributed by atoms with E-state index in [0.29, 0.717) is 6.61 Å². The van der Waals surface area contributed by atoms with Crippen LogP contribution in [0, 0.1) is 0 Å². The Hall–Kier alpha value is -0.610. The Morgan fingerprint density at radius 2 is 1.87 bits per heavy atom. The summed E-state index contributed by atoms with van der Waals surface area (Å²) in [6, 6.07) is 0. The quantitative estimate of drug-likeness (QED) is 0.720. The molecule has 1 atom stereocenters. The molecule has 0 aliphatic rings. The summed E-state index contributed by atoms with van der Waals surface area (Å²) in [6.07, 6.45) is -0.410. The molecule has 1 amide bonds. The van der Waals surface area contributed by atoms with Crippen molar-refractivity contribution in [2.75, 3.05) is 19.7 Å². The maximum atomic E-state index is 11.8. The van der Waals surface area contributed by atoms with Gasteiger partial charge in [0.15, 0.2) is 0 Å². The molecule has 1 unspecified atom stereocenters. The first-order valence-electron chi connectivity index (χ1n) is 5.51. The number of ether oxygens (including phenoxy) is 1. The summed E-state index contributed by atoms with van der Waals surface area (Å²) in [7, 11) is 0. The highest BCUT2D eigenvalue weighted by atomic mass is 16.5. The van der Waals surface area contributed by atoms with Crippen LogP contribution in [0.25, 0.3) is 0 Å². The SMILES string of the molecule is CCN(CC)C(=O)C(C)OCC(C)(C)N. The van der Waals surface area contributed by atoms with Crippen molar-refractivity contribution in [3.05, 3.63) is 0 Å². The van der Waals surface area contributed by atoms with Gasteiger partial charge >= 0.3 is 0 Å². The maximum absolute atomic E-state index is 11.8. The smallest absolute Gasteiger partial charge is 0.251 e.